The molecule has 1 atom stereocenters. The van der Waals surface area contributed by atoms with E-state index < -0.39 is 6.10 Å². The van der Waals surface area contributed by atoms with Crippen molar-refractivity contribution in [3.05, 3.63) is 0 Å². The van der Waals surface area contributed by atoms with Crippen molar-refractivity contribution in [2.45, 2.75) is 239 Å². The van der Waals surface area contributed by atoms with Crippen LogP contribution in [0.1, 0.15) is 233 Å². The van der Waals surface area contributed by atoms with Crippen LogP contribution in [-0.4, -0.2) is 37.2 Å². The van der Waals surface area contributed by atoms with Crippen molar-refractivity contribution < 1.29 is 28.6 Å². The molecular weight excluding hydrogens is 612 g/mol. The van der Waals surface area contributed by atoms with Gasteiger partial charge < -0.3 is 14.2 Å². The first-order valence-corrected chi connectivity index (χ1v) is 21.4. The van der Waals surface area contributed by atoms with Crippen LogP contribution in [0, 0.1) is 5.92 Å². The molecule has 0 N–H and O–H groups in total. The summed E-state index contributed by atoms with van der Waals surface area (Å²) in [5.41, 5.74) is 0. The molecule has 0 aromatic carbocycles. The van der Waals surface area contributed by atoms with Crippen LogP contribution in [0.2, 0.25) is 0 Å². The van der Waals surface area contributed by atoms with E-state index in [0.717, 1.165) is 63.7 Å². The summed E-state index contributed by atoms with van der Waals surface area (Å²) >= 11 is 0. The van der Waals surface area contributed by atoms with Gasteiger partial charge in [-0.1, -0.05) is 195 Å². The van der Waals surface area contributed by atoms with Gasteiger partial charge in [0.05, 0.1) is 0 Å². The molecule has 0 saturated carbocycles. The van der Waals surface area contributed by atoms with E-state index >= 15 is 0 Å². The van der Waals surface area contributed by atoms with E-state index in [4.69, 9.17) is 14.2 Å². The van der Waals surface area contributed by atoms with Gasteiger partial charge in [-0.25, -0.2) is 0 Å². The fourth-order valence-corrected chi connectivity index (χ4v) is 6.27. The molecule has 49 heavy (non-hydrogen) atoms. The van der Waals surface area contributed by atoms with Gasteiger partial charge in [0.1, 0.15) is 13.2 Å². The molecule has 6 nitrogen and oxygen atoms in total. The van der Waals surface area contributed by atoms with Gasteiger partial charge in [0, 0.05) is 19.3 Å². The lowest BCUT2D eigenvalue weighted by molar-refractivity contribution is -0.167. The van der Waals surface area contributed by atoms with Crippen molar-refractivity contribution in [1.82, 2.24) is 0 Å². The molecule has 0 spiro atoms. The van der Waals surface area contributed by atoms with Gasteiger partial charge in [-0.05, 0) is 25.2 Å². The first kappa shape index (κ1) is 47.4. The van der Waals surface area contributed by atoms with E-state index in [1.807, 2.05) is 0 Å². The van der Waals surface area contributed by atoms with Gasteiger partial charge in [-0.3, -0.25) is 14.4 Å². The molecule has 0 radical (unpaired) electrons. The number of hydrogen-bond acceptors (Lipinski definition) is 6. The maximum absolute atomic E-state index is 12.6. The molecule has 0 aromatic rings. The predicted molar refractivity (Wildman–Crippen MR) is 206 cm³/mol. The normalized spacial score (nSPS) is 11.9. The molecule has 0 heterocycles. The summed E-state index contributed by atoms with van der Waals surface area (Å²) in [5.74, 6) is -0.0471. The number of ether oxygens (including phenoxy) is 3. The Bertz CT molecular complexity index is 736. The first-order valence-electron chi connectivity index (χ1n) is 21.4. The van der Waals surface area contributed by atoms with Crippen molar-refractivity contribution in [2.75, 3.05) is 13.2 Å². The zero-order valence-corrected chi connectivity index (χ0v) is 33.1. The zero-order chi connectivity index (χ0) is 36.0. The first-order chi connectivity index (χ1) is 23.9. The Kier molecular flexibility index (Phi) is 36.4. The third-order valence-corrected chi connectivity index (χ3v) is 9.54. The van der Waals surface area contributed by atoms with Crippen LogP contribution >= 0.6 is 0 Å². The van der Waals surface area contributed by atoms with E-state index in [-0.39, 0.29) is 31.1 Å². The standard InChI is InChI=1S/C43H82O6/c1-5-7-9-11-13-14-15-19-23-26-30-34-41(44)47-37-40(49-43(46)36-32-28-21-12-10-8-6-2)38-48-42(45)35-31-27-24-20-17-16-18-22-25-29-33-39(3)4/h39-40H,5-38H2,1-4H3/t40-/m0/s1. The maximum atomic E-state index is 12.6. The van der Waals surface area contributed by atoms with E-state index in [2.05, 4.69) is 27.7 Å². The SMILES string of the molecule is CCCCCCCCCCCCCC(=O)OC[C@@H](COC(=O)CCCCCCCCCCCCC(C)C)OC(=O)CCCCCCCCC. The number of carbonyl (C=O) groups excluding carboxylic acids is 3. The Balaban J connectivity index is 4.26. The molecule has 0 aliphatic carbocycles. The number of unbranched alkanes of at least 4 members (excludes halogenated alkanes) is 25. The van der Waals surface area contributed by atoms with E-state index in [0.29, 0.717) is 19.3 Å². The second-order valence-electron chi connectivity index (χ2n) is 15.1. The van der Waals surface area contributed by atoms with Crippen molar-refractivity contribution in [3.8, 4) is 0 Å². The zero-order valence-electron chi connectivity index (χ0n) is 33.1. The Morgan fingerprint density at radius 1 is 0.388 bits per heavy atom. The summed E-state index contributed by atoms with van der Waals surface area (Å²) in [4.78, 5) is 37.4. The van der Waals surface area contributed by atoms with Crippen LogP contribution in [0.5, 0.6) is 0 Å². The van der Waals surface area contributed by atoms with Crippen LogP contribution in [-0.2, 0) is 28.6 Å². The Hall–Kier alpha value is -1.59. The summed E-state index contributed by atoms with van der Waals surface area (Å²) < 4.78 is 16.6. The third-order valence-electron chi connectivity index (χ3n) is 9.54. The Morgan fingerprint density at radius 2 is 0.673 bits per heavy atom. The third kappa shape index (κ3) is 37.5. The molecule has 6 heteroatoms. The molecule has 0 saturated heterocycles. The molecule has 0 bridgehead atoms. The minimum absolute atomic E-state index is 0.0649. The van der Waals surface area contributed by atoms with Gasteiger partial charge in [0.2, 0.25) is 0 Å². The monoisotopic (exact) mass is 695 g/mol. The summed E-state index contributed by atoms with van der Waals surface area (Å²) in [6, 6.07) is 0. The largest absolute Gasteiger partial charge is 0.462 e. The van der Waals surface area contributed by atoms with Crippen LogP contribution in [0.3, 0.4) is 0 Å². The van der Waals surface area contributed by atoms with Crippen LogP contribution < -0.4 is 0 Å². The summed E-state index contributed by atoms with van der Waals surface area (Å²) in [7, 11) is 0. The molecule has 290 valence electrons. The highest BCUT2D eigenvalue weighted by Gasteiger charge is 2.19. The second kappa shape index (κ2) is 37.7. The lowest BCUT2D eigenvalue weighted by Crippen LogP contribution is -2.30. The second-order valence-corrected chi connectivity index (χ2v) is 15.1. The topological polar surface area (TPSA) is 78.9 Å². The minimum Gasteiger partial charge on any atom is -0.462 e. The van der Waals surface area contributed by atoms with Crippen LogP contribution in [0.25, 0.3) is 0 Å². The molecule has 0 fully saturated rings. The van der Waals surface area contributed by atoms with E-state index in [1.54, 1.807) is 0 Å². The molecule has 0 unspecified atom stereocenters. The number of carbonyl (C=O) groups is 3. The Labute approximate surface area is 304 Å². The highest BCUT2D eigenvalue weighted by atomic mass is 16.6. The average molecular weight is 695 g/mol. The highest BCUT2D eigenvalue weighted by molar-refractivity contribution is 5.71. The van der Waals surface area contributed by atoms with Crippen LogP contribution in [0.4, 0.5) is 0 Å². The smallest absolute Gasteiger partial charge is 0.306 e. The highest BCUT2D eigenvalue weighted by Crippen LogP contribution is 2.15. The van der Waals surface area contributed by atoms with Crippen LogP contribution in [0.15, 0.2) is 0 Å². The summed E-state index contributed by atoms with van der Waals surface area (Å²) in [6.45, 7) is 8.92. The molecule has 0 aliphatic rings. The number of hydrogen-bond donors (Lipinski definition) is 0. The van der Waals surface area contributed by atoms with Gasteiger partial charge >= 0.3 is 17.9 Å². The molecule has 0 aromatic heterocycles. The molecular formula is C43H82O6. The summed E-state index contributed by atoms with van der Waals surface area (Å²) in [6.07, 6.45) is 35.2. The fraction of sp³-hybridized carbons (Fsp3) is 0.930. The maximum Gasteiger partial charge on any atom is 0.306 e. The van der Waals surface area contributed by atoms with Gasteiger partial charge in [-0.15, -0.1) is 0 Å². The lowest BCUT2D eigenvalue weighted by Gasteiger charge is -2.18. The molecule has 0 amide bonds. The van der Waals surface area contributed by atoms with E-state index in [1.165, 1.54) is 128 Å². The van der Waals surface area contributed by atoms with Crippen molar-refractivity contribution in [3.63, 3.8) is 0 Å². The van der Waals surface area contributed by atoms with Crippen molar-refractivity contribution in [1.29, 1.82) is 0 Å². The number of rotatable bonds is 38. The van der Waals surface area contributed by atoms with Gasteiger partial charge in [-0.2, -0.15) is 0 Å². The predicted octanol–water partition coefficient (Wildman–Crippen LogP) is 13.2. The minimum atomic E-state index is -0.757. The van der Waals surface area contributed by atoms with Crippen molar-refractivity contribution in [2.24, 2.45) is 5.92 Å². The van der Waals surface area contributed by atoms with E-state index in [9.17, 15) is 14.4 Å². The average Bonchev–Trinajstić information content (AvgIpc) is 3.08. The number of esters is 3. The van der Waals surface area contributed by atoms with Crippen molar-refractivity contribution >= 4 is 17.9 Å². The Morgan fingerprint density at radius 3 is 1.00 bits per heavy atom. The molecule has 0 aliphatic heterocycles. The van der Waals surface area contributed by atoms with Gasteiger partial charge in [0.25, 0.3) is 0 Å². The molecule has 0 rings (SSSR count). The van der Waals surface area contributed by atoms with Gasteiger partial charge in [0.15, 0.2) is 6.10 Å². The lowest BCUT2D eigenvalue weighted by atomic mass is 10.0. The quantitative estimate of drug-likeness (QED) is 0.0364. The fourth-order valence-electron chi connectivity index (χ4n) is 6.27. The summed E-state index contributed by atoms with van der Waals surface area (Å²) in [5, 5.41) is 0.